The minimum Gasteiger partial charge on any atom is -0.497 e. The van der Waals surface area contributed by atoms with Crippen molar-refractivity contribution in [1.82, 2.24) is 9.99 Å². The predicted molar refractivity (Wildman–Crippen MR) is 166 cm³/mol. The highest BCUT2D eigenvalue weighted by atomic mass is 35.5. The summed E-state index contributed by atoms with van der Waals surface area (Å²) in [7, 11) is 1.64. The molecule has 6 rings (SSSR count). The van der Waals surface area contributed by atoms with Gasteiger partial charge in [-0.05, 0) is 65.8 Å². The van der Waals surface area contributed by atoms with E-state index in [1.807, 2.05) is 103 Å². The zero-order valence-electron chi connectivity index (χ0n) is 21.6. The van der Waals surface area contributed by atoms with Crippen LogP contribution in [-0.4, -0.2) is 27.9 Å². The Balaban J connectivity index is 1.50. The fourth-order valence-corrected chi connectivity index (χ4v) is 5.48. The smallest absolute Gasteiger partial charge is 0.258 e. The highest BCUT2D eigenvalue weighted by Gasteiger charge is 2.34. The Kier molecular flexibility index (Phi) is 7.07. The molecule has 1 aliphatic heterocycles. The number of ether oxygens (including phenoxy) is 1. The number of nitrogens with zero attached hydrogens (tertiary/aromatic N) is 2. The van der Waals surface area contributed by atoms with Gasteiger partial charge in [0.15, 0.2) is 5.11 Å². The number of pyridine rings is 1. The molecular formula is C32H25ClN4O2S. The van der Waals surface area contributed by atoms with E-state index >= 15 is 0 Å². The highest BCUT2D eigenvalue weighted by Crippen LogP contribution is 2.38. The van der Waals surface area contributed by atoms with E-state index in [2.05, 4.69) is 10.3 Å². The van der Waals surface area contributed by atoms with Crippen molar-refractivity contribution in [2.75, 3.05) is 12.4 Å². The van der Waals surface area contributed by atoms with Crippen LogP contribution < -0.4 is 15.6 Å². The average Bonchev–Trinajstić information content (AvgIpc) is 3.43. The molecule has 1 aliphatic rings. The Hall–Kier alpha value is -4.46. The molecule has 0 saturated heterocycles. The fourth-order valence-electron chi connectivity index (χ4n) is 5.07. The van der Waals surface area contributed by atoms with E-state index in [0.29, 0.717) is 27.8 Å². The van der Waals surface area contributed by atoms with Gasteiger partial charge >= 0.3 is 0 Å². The van der Waals surface area contributed by atoms with Crippen LogP contribution >= 0.6 is 23.8 Å². The molecule has 0 radical (unpaired) electrons. The second kappa shape index (κ2) is 11.0. The van der Waals surface area contributed by atoms with E-state index < -0.39 is 0 Å². The number of thiocarbonyl (C=S) groups is 1. The standard InChI is InChI=1S/C32H25ClN4O2S/c1-39-24-17-13-20(14-18-24)28-19-27(36-37(28)32(40)34-23-7-3-2-4-8-23)30-29(21-11-15-22(33)16-12-21)25-9-5-6-10-26(25)35-31(30)38/h2-18,28H,19H2,1H3,(H,34,40)(H,35,38)/t28-/m1/s1. The van der Waals surface area contributed by atoms with Crippen LogP contribution in [0.2, 0.25) is 5.02 Å². The zero-order chi connectivity index (χ0) is 27.6. The lowest BCUT2D eigenvalue weighted by atomic mass is 9.91. The Bertz CT molecular complexity index is 1790. The Morgan fingerprint density at radius 1 is 0.950 bits per heavy atom. The summed E-state index contributed by atoms with van der Waals surface area (Å²) < 4.78 is 5.37. The number of benzene rings is 4. The Labute approximate surface area is 241 Å². The van der Waals surface area contributed by atoms with Gasteiger partial charge < -0.3 is 15.0 Å². The molecular weight excluding hydrogens is 540 g/mol. The predicted octanol–water partition coefficient (Wildman–Crippen LogP) is 7.41. The summed E-state index contributed by atoms with van der Waals surface area (Å²) in [5, 5.41) is 12.1. The molecule has 5 aromatic rings. The second-order valence-corrected chi connectivity index (χ2v) is 10.3. The molecule has 0 saturated carbocycles. The number of para-hydroxylation sites is 2. The number of halogens is 1. The molecule has 0 spiro atoms. The minimum atomic E-state index is -0.228. The topological polar surface area (TPSA) is 69.7 Å². The first-order valence-electron chi connectivity index (χ1n) is 12.8. The van der Waals surface area contributed by atoms with Crippen molar-refractivity contribution in [3.05, 3.63) is 130 Å². The first-order chi connectivity index (χ1) is 19.5. The average molecular weight is 565 g/mol. The molecule has 6 nitrogen and oxygen atoms in total. The summed E-state index contributed by atoms with van der Waals surface area (Å²) in [5.41, 5.74) is 5.27. The van der Waals surface area contributed by atoms with Crippen molar-refractivity contribution < 1.29 is 4.74 Å². The summed E-state index contributed by atoms with van der Waals surface area (Å²) in [5.74, 6) is 0.760. The quantitative estimate of drug-likeness (QED) is 0.218. The van der Waals surface area contributed by atoms with E-state index in [1.165, 1.54) is 0 Å². The summed E-state index contributed by atoms with van der Waals surface area (Å²) in [4.78, 5) is 16.8. The molecule has 198 valence electrons. The minimum absolute atomic E-state index is 0.209. The number of hydrazone groups is 1. The SMILES string of the molecule is COc1ccc([C@H]2CC(c3c(-c4ccc(Cl)cc4)c4ccccc4[nH]c3=O)=NN2C(=S)Nc2ccccc2)cc1. The molecule has 0 aliphatic carbocycles. The number of rotatable bonds is 5. The van der Waals surface area contributed by atoms with Gasteiger partial charge in [0.05, 0.1) is 24.4 Å². The van der Waals surface area contributed by atoms with Gasteiger partial charge in [0, 0.05) is 33.6 Å². The molecule has 40 heavy (non-hydrogen) atoms. The third kappa shape index (κ3) is 4.97. The van der Waals surface area contributed by atoms with Crippen LogP contribution in [0.4, 0.5) is 5.69 Å². The highest BCUT2D eigenvalue weighted by molar-refractivity contribution is 7.80. The Morgan fingerprint density at radius 3 is 2.38 bits per heavy atom. The maximum Gasteiger partial charge on any atom is 0.258 e. The largest absolute Gasteiger partial charge is 0.497 e. The van der Waals surface area contributed by atoms with Crippen molar-refractivity contribution in [1.29, 1.82) is 0 Å². The van der Waals surface area contributed by atoms with Crippen molar-refractivity contribution in [3.63, 3.8) is 0 Å². The van der Waals surface area contributed by atoms with Crippen LogP contribution in [0.3, 0.4) is 0 Å². The van der Waals surface area contributed by atoms with Crippen molar-refractivity contribution >= 4 is 51.2 Å². The summed E-state index contributed by atoms with van der Waals surface area (Å²) in [6.07, 6.45) is 0.477. The van der Waals surface area contributed by atoms with Crippen LogP contribution in [0.25, 0.3) is 22.0 Å². The number of hydrogen-bond donors (Lipinski definition) is 2. The van der Waals surface area contributed by atoms with Gasteiger partial charge in [0.2, 0.25) is 0 Å². The van der Waals surface area contributed by atoms with Gasteiger partial charge in [-0.3, -0.25) is 4.79 Å². The first kappa shape index (κ1) is 25.8. The molecule has 0 fully saturated rings. The molecule has 4 aromatic carbocycles. The molecule has 8 heteroatoms. The number of nitrogens with one attached hydrogen (secondary N) is 2. The number of methoxy groups -OCH3 is 1. The van der Waals surface area contributed by atoms with Gasteiger partial charge in [-0.1, -0.05) is 72.3 Å². The number of fused-ring (bicyclic) bond motifs is 1. The molecule has 0 amide bonds. The van der Waals surface area contributed by atoms with E-state index in [9.17, 15) is 4.79 Å². The van der Waals surface area contributed by atoms with Crippen LogP contribution in [0, 0.1) is 0 Å². The van der Waals surface area contributed by atoms with Gasteiger partial charge in [-0.2, -0.15) is 5.10 Å². The number of aromatic amines is 1. The van der Waals surface area contributed by atoms with Crippen LogP contribution in [0.1, 0.15) is 23.6 Å². The van der Waals surface area contributed by atoms with Crippen molar-refractivity contribution in [2.24, 2.45) is 5.10 Å². The summed E-state index contributed by atoms with van der Waals surface area (Å²) >= 11 is 12.1. The number of aromatic nitrogens is 1. The number of anilines is 1. The van der Waals surface area contributed by atoms with Crippen molar-refractivity contribution in [3.8, 4) is 16.9 Å². The fraction of sp³-hybridized carbons (Fsp3) is 0.0938. The number of hydrogen-bond acceptors (Lipinski definition) is 4. The third-order valence-electron chi connectivity index (χ3n) is 6.99. The van der Waals surface area contributed by atoms with Gasteiger partial charge in [0.25, 0.3) is 5.56 Å². The summed E-state index contributed by atoms with van der Waals surface area (Å²) in [6.45, 7) is 0. The molecule has 1 atom stereocenters. The van der Waals surface area contributed by atoms with Crippen LogP contribution in [0.5, 0.6) is 5.75 Å². The molecule has 0 unspecified atom stereocenters. The lowest BCUT2D eigenvalue weighted by Gasteiger charge is -2.25. The molecule has 2 N–H and O–H groups in total. The van der Waals surface area contributed by atoms with Crippen molar-refractivity contribution in [2.45, 2.75) is 12.5 Å². The van der Waals surface area contributed by atoms with Gasteiger partial charge in [-0.25, -0.2) is 5.01 Å². The maximum atomic E-state index is 13.7. The van der Waals surface area contributed by atoms with Crippen LogP contribution in [0.15, 0.2) is 113 Å². The van der Waals surface area contributed by atoms with Gasteiger partial charge in [0.1, 0.15) is 5.75 Å². The second-order valence-electron chi connectivity index (χ2n) is 9.44. The molecule has 0 bridgehead atoms. The molecule has 2 heterocycles. The van der Waals surface area contributed by atoms with E-state index in [4.69, 9.17) is 33.7 Å². The van der Waals surface area contributed by atoms with Gasteiger partial charge in [-0.15, -0.1) is 0 Å². The Morgan fingerprint density at radius 2 is 1.65 bits per heavy atom. The van der Waals surface area contributed by atoms with E-state index in [-0.39, 0.29) is 11.6 Å². The van der Waals surface area contributed by atoms with E-state index in [1.54, 1.807) is 12.1 Å². The first-order valence-corrected chi connectivity index (χ1v) is 13.6. The third-order valence-corrected chi connectivity index (χ3v) is 7.53. The lowest BCUT2D eigenvalue weighted by molar-refractivity contribution is 0.374. The zero-order valence-corrected chi connectivity index (χ0v) is 23.2. The maximum absolute atomic E-state index is 13.7. The normalized spacial score (nSPS) is 14.7. The summed E-state index contributed by atoms with van der Waals surface area (Å²) in [6, 6.07) is 32.7. The monoisotopic (exact) mass is 564 g/mol. The molecule has 1 aromatic heterocycles. The van der Waals surface area contributed by atoms with Crippen LogP contribution in [-0.2, 0) is 0 Å². The lowest BCUT2D eigenvalue weighted by Crippen LogP contribution is -2.31. The number of H-pyrrole nitrogens is 1. The van der Waals surface area contributed by atoms with E-state index in [0.717, 1.165) is 39.0 Å².